The third kappa shape index (κ3) is 4.36. The Bertz CT molecular complexity index is 1050. The smallest absolute Gasteiger partial charge is 0.416 e. The van der Waals surface area contributed by atoms with E-state index in [9.17, 15) is 13.2 Å². The number of thiocarbonyl (C=S) groups is 1. The van der Waals surface area contributed by atoms with E-state index in [1.54, 1.807) is 18.2 Å². The standard InChI is InChI=1S/C23H21F3N2OS/c1-16-4-2-7-19(14-16)27-10-12-28(13-11-27)22(30)21-9-8-20(29-21)17-5-3-6-18(15-17)23(24,25)26/h2-9,14-15H,10-13H2,1H3. The molecule has 3 aromatic rings. The van der Waals surface area contributed by atoms with Gasteiger partial charge in [0, 0.05) is 37.4 Å². The van der Waals surface area contributed by atoms with E-state index in [0.29, 0.717) is 22.1 Å². The molecule has 0 bridgehead atoms. The number of hydrogen-bond acceptors (Lipinski definition) is 3. The summed E-state index contributed by atoms with van der Waals surface area (Å²) in [6.45, 7) is 5.27. The second-order valence-corrected chi connectivity index (χ2v) is 7.75. The van der Waals surface area contributed by atoms with Crippen molar-refractivity contribution in [3.05, 3.63) is 77.6 Å². The highest BCUT2D eigenvalue weighted by Gasteiger charge is 2.30. The van der Waals surface area contributed by atoms with Gasteiger partial charge in [-0.3, -0.25) is 0 Å². The molecule has 0 amide bonds. The topological polar surface area (TPSA) is 19.6 Å². The number of furan rings is 1. The van der Waals surface area contributed by atoms with Gasteiger partial charge in [0.2, 0.25) is 0 Å². The lowest BCUT2D eigenvalue weighted by molar-refractivity contribution is -0.137. The van der Waals surface area contributed by atoms with Crippen LogP contribution in [-0.2, 0) is 6.18 Å². The summed E-state index contributed by atoms with van der Waals surface area (Å²) in [4.78, 5) is 4.98. The van der Waals surface area contributed by atoms with Crippen LogP contribution >= 0.6 is 12.2 Å². The van der Waals surface area contributed by atoms with E-state index in [4.69, 9.17) is 16.6 Å². The van der Waals surface area contributed by atoms with Crippen molar-refractivity contribution in [2.75, 3.05) is 31.1 Å². The predicted octanol–water partition coefficient (Wildman–Crippen LogP) is 5.77. The van der Waals surface area contributed by atoms with Crippen molar-refractivity contribution in [2.45, 2.75) is 13.1 Å². The van der Waals surface area contributed by atoms with Crippen LogP contribution in [0.5, 0.6) is 0 Å². The van der Waals surface area contributed by atoms with Gasteiger partial charge in [0.25, 0.3) is 0 Å². The van der Waals surface area contributed by atoms with Gasteiger partial charge in [0.1, 0.15) is 10.7 Å². The zero-order valence-electron chi connectivity index (χ0n) is 16.4. The lowest BCUT2D eigenvalue weighted by Crippen LogP contribution is -2.48. The van der Waals surface area contributed by atoms with Crippen LogP contribution < -0.4 is 4.90 Å². The normalized spacial score (nSPS) is 14.8. The van der Waals surface area contributed by atoms with Gasteiger partial charge >= 0.3 is 6.18 Å². The van der Waals surface area contributed by atoms with Crippen molar-refractivity contribution >= 4 is 22.9 Å². The number of aryl methyl sites for hydroxylation is 1. The molecule has 1 aliphatic heterocycles. The Morgan fingerprint density at radius 1 is 0.933 bits per heavy atom. The summed E-state index contributed by atoms with van der Waals surface area (Å²) in [6, 6.07) is 16.9. The van der Waals surface area contributed by atoms with Crippen molar-refractivity contribution < 1.29 is 17.6 Å². The largest absolute Gasteiger partial charge is 0.454 e. The molecule has 0 unspecified atom stereocenters. The first-order valence-corrected chi connectivity index (χ1v) is 10.1. The average Bonchev–Trinajstić information content (AvgIpc) is 3.23. The van der Waals surface area contributed by atoms with Crippen molar-refractivity contribution in [2.24, 2.45) is 0 Å². The molecule has 1 saturated heterocycles. The van der Waals surface area contributed by atoms with Gasteiger partial charge in [-0.25, -0.2) is 0 Å². The molecule has 0 aliphatic carbocycles. The Labute approximate surface area is 178 Å². The highest BCUT2D eigenvalue weighted by molar-refractivity contribution is 7.80. The zero-order valence-corrected chi connectivity index (χ0v) is 17.3. The highest BCUT2D eigenvalue weighted by Crippen LogP contribution is 2.33. The van der Waals surface area contributed by atoms with Crippen LogP contribution in [0.25, 0.3) is 11.3 Å². The van der Waals surface area contributed by atoms with Gasteiger partial charge in [-0.05, 0) is 48.9 Å². The van der Waals surface area contributed by atoms with E-state index in [2.05, 4.69) is 41.0 Å². The van der Waals surface area contributed by atoms with Crippen LogP contribution in [0.15, 0.2) is 65.1 Å². The van der Waals surface area contributed by atoms with Gasteiger partial charge in [-0.15, -0.1) is 0 Å². The first kappa shape index (κ1) is 20.5. The molecule has 2 heterocycles. The van der Waals surface area contributed by atoms with E-state index in [1.165, 1.54) is 17.3 Å². The molecule has 3 nitrogen and oxygen atoms in total. The lowest BCUT2D eigenvalue weighted by atomic mass is 10.1. The quantitative estimate of drug-likeness (QED) is 0.491. The second-order valence-electron chi connectivity index (χ2n) is 7.36. The third-order valence-electron chi connectivity index (χ3n) is 5.22. The van der Waals surface area contributed by atoms with Crippen LogP contribution in [0.3, 0.4) is 0 Å². The minimum atomic E-state index is -4.39. The first-order chi connectivity index (χ1) is 14.3. The molecular formula is C23H21F3N2OS. The molecule has 2 aromatic carbocycles. The van der Waals surface area contributed by atoms with Crippen LogP contribution in [0.1, 0.15) is 16.9 Å². The molecule has 0 atom stereocenters. The minimum Gasteiger partial charge on any atom is -0.454 e. The van der Waals surface area contributed by atoms with Gasteiger partial charge in [-0.2, -0.15) is 13.2 Å². The third-order valence-corrected chi connectivity index (χ3v) is 5.68. The first-order valence-electron chi connectivity index (χ1n) is 9.69. The molecule has 30 heavy (non-hydrogen) atoms. The monoisotopic (exact) mass is 430 g/mol. The predicted molar refractivity (Wildman–Crippen MR) is 116 cm³/mol. The van der Waals surface area contributed by atoms with Gasteiger partial charge in [0.15, 0.2) is 5.76 Å². The van der Waals surface area contributed by atoms with Crippen LogP contribution in [-0.4, -0.2) is 36.1 Å². The summed E-state index contributed by atoms with van der Waals surface area (Å²) in [6.07, 6.45) is -4.39. The maximum absolute atomic E-state index is 13.0. The molecule has 1 aromatic heterocycles. The Hall–Kier alpha value is -2.80. The molecule has 1 fully saturated rings. The zero-order chi connectivity index (χ0) is 21.3. The molecule has 0 saturated carbocycles. The molecular weight excluding hydrogens is 409 g/mol. The number of benzene rings is 2. The Morgan fingerprint density at radius 3 is 2.37 bits per heavy atom. The molecule has 7 heteroatoms. The molecule has 0 N–H and O–H groups in total. The van der Waals surface area contributed by atoms with E-state index in [1.807, 2.05) is 0 Å². The van der Waals surface area contributed by atoms with E-state index >= 15 is 0 Å². The number of nitrogens with zero attached hydrogens (tertiary/aromatic N) is 2. The second kappa shape index (κ2) is 8.14. The van der Waals surface area contributed by atoms with Crippen LogP contribution in [0, 0.1) is 6.92 Å². The number of alkyl halides is 3. The van der Waals surface area contributed by atoms with E-state index in [0.717, 1.165) is 38.3 Å². The average molecular weight is 430 g/mol. The molecule has 0 spiro atoms. The van der Waals surface area contributed by atoms with Gasteiger partial charge < -0.3 is 14.2 Å². The summed E-state index contributed by atoms with van der Waals surface area (Å²) in [5.41, 5.74) is 2.10. The fourth-order valence-corrected chi connectivity index (χ4v) is 3.90. The van der Waals surface area contributed by atoms with Crippen molar-refractivity contribution in [1.82, 2.24) is 4.90 Å². The van der Waals surface area contributed by atoms with Gasteiger partial charge in [-0.1, -0.05) is 36.5 Å². The number of anilines is 1. The maximum atomic E-state index is 13.0. The minimum absolute atomic E-state index is 0.372. The van der Waals surface area contributed by atoms with Crippen molar-refractivity contribution in [3.8, 4) is 11.3 Å². The molecule has 4 rings (SSSR count). The maximum Gasteiger partial charge on any atom is 0.416 e. The number of piperazine rings is 1. The van der Waals surface area contributed by atoms with Crippen molar-refractivity contribution in [1.29, 1.82) is 0 Å². The lowest BCUT2D eigenvalue weighted by Gasteiger charge is -2.37. The van der Waals surface area contributed by atoms with E-state index in [-0.39, 0.29) is 0 Å². The fraction of sp³-hybridized carbons (Fsp3) is 0.261. The van der Waals surface area contributed by atoms with Crippen LogP contribution in [0.2, 0.25) is 0 Å². The molecule has 0 radical (unpaired) electrons. The van der Waals surface area contributed by atoms with Gasteiger partial charge in [0.05, 0.1) is 5.56 Å². The van der Waals surface area contributed by atoms with Crippen LogP contribution in [0.4, 0.5) is 18.9 Å². The summed E-state index contributed by atoms with van der Waals surface area (Å²) >= 11 is 5.60. The fourth-order valence-electron chi connectivity index (χ4n) is 3.61. The highest BCUT2D eigenvalue weighted by atomic mass is 32.1. The number of halogens is 3. The Balaban J connectivity index is 1.44. The number of rotatable bonds is 3. The summed E-state index contributed by atoms with van der Waals surface area (Å²) in [7, 11) is 0. The summed E-state index contributed by atoms with van der Waals surface area (Å²) < 4.78 is 44.7. The molecule has 156 valence electrons. The summed E-state index contributed by atoms with van der Waals surface area (Å²) in [5, 5.41) is 0. The summed E-state index contributed by atoms with van der Waals surface area (Å²) in [5.74, 6) is 0.873. The molecule has 1 aliphatic rings. The van der Waals surface area contributed by atoms with Crippen molar-refractivity contribution in [3.63, 3.8) is 0 Å². The Morgan fingerprint density at radius 2 is 1.67 bits per heavy atom. The number of hydrogen-bond donors (Lipinski definition) is 0. The van der Waals surface area contributed by atoms with E-state index < -0.39 is 11.7 Å². The SMILES string of the molecule is Cc1cccc(N2CCN(C(=S)c3ccc(-c4cccc(C(F)(F)F)c4)o3)CC2)c1. The Kier molecular flexibility index (Phi) is 5.56.